The van der Waals surface area contributed by atoms with Crippen LogP contribution < -0.4 is 9.62 Å². The van der Waals surface area contributed by atoms with Crippen LogP contribution in [0.5, 0.6) is 0 Å². The van der Waals surface area contributed by atoms with E-state index in [2.05, 4.69) is 5.32 Å². The molecule has 0 saturated heterocycles. The van der Waals surface area contributed by atoms with Crippen molar-refractivity contribution >= 4 is 21.6 Å². The number of benzene rings is 2. The molecule has 0 spiro atoms. The van der Waals surface area contributed by atoms with E-state index in [1.54, 1.807) is 0 Å². The maximum atomic E-state index is 13.4. The lowest BCUT2D eigenvalue weighted by atomic mass is 10.1. The summed E-state index contributed by atoms with van der Waals surface area (Å²) in [5, 5.41) is 2.63. The normalized spacial score (nSPS) is 11.2. The van der Waals surface area contributed by atoms with Crippen molar-refractivity contribution in [3.63, 3.8) is 0 Å². The standard InChI is InChI=1S/C17H18F2N2O3S/c1-12-5-3-4-6-13(12)10-20-17(22)11-21(25(2,23)24)14-7-8-15(18)16(19)9-14/h3-9H,10-11H2,1-2H3,(H,20,22). The molecule has 2 aromatic carbocycles. The third-order valence-electron chi connectivity index (χ3n) is 3.62. The largest absolute Gasteiger partial charge is 0.350 e. The molecule has 1 amide bonds. The molecular weight excluding hydrogens is 350 g/mol. The van der Waals surface area contributed by atoms with Crippen LogP contribution in [0.25, 0.3) is 0 Å². The van der Waals surface area contributed by atoms with Gasteiger partial charge in [-0.3, -0.25) is 9.10 Å². The summed E-state index contributed by atoms with van der Waals surface area (Å²) < 4.78 is 51.0. The van der Waals surface area contributed by atoms with E-state index in [4.69, 9.17) is 0 Å². The number of halogens is 2. The second kappa shape index (κ2) is 7.60. The molecule has 0 fully saturated rings. The number of sulfonamides is 1. The van der Waals surface area contributed by atoms with Crippen LogP contribution in [0.2, 0.25) is 0 Å². The lowest BCUT2D eigenvalue weighted by molar-refractivity contribution is -0.119. The lowest BCUT2D eigenvalue weighted by Gasteiger charge is -2.22. The lowest BCUT2D eigenvalue weighted by Crippen LogP contribution is -2.40. The summed E-state index contributed by atoms with van der Waals surface area (Å²) in [6.07, 6.45) is 0.892. The van der Waals surface area contributed by atoms with Gasteiger partial charge in [0.2, 0.25) is 15.9 Å². The third-order valence-corrected chi connectivity index (χ3v) is 4.76. The fourth-order valence-electron chi connectivity index (χ4n) is 2.23. The summed E-state index contributed by atoms with van der Waals surface area (Å²) in [6, 6.07) is 10.1. The number of aryl methyl sites for hydroxylation is 1. The van der Waals surface area contributed by atoms with Gasteiger partial charge in [-0.2, -0.15) is 0 Å². The van der Waals surface area contributed by atoms with Crippen molar-refractivity contribution in [2.45, 2.75) is 13.5 Å². The van der Waals surface area contributed by atoms with Crippen LogP contribution in [0.4, 0.5) is 14.5 Å². The highest BCUT2D eigenvalue weighted by molar-refractivity contribution is 7.92. The van der Waals surface area contributed by atoms with Gasteiger partial charge < -0.3 is 5.32 Å². The van der Waals surface area contributed by atoms with Crippen molar-refractivity contribution in [2.75, 3.05) is 17.1 Å². The number of hydrogen-bond acceptors (Lipinski definition) is 3. The van der Waals surface area contributed by atoms with Crippen molar-refractivity contribution in [2.24, 2.45) is 0 Å². The Morgan fingerprint density at radius 3 is 2.40 bits per heavy atom. The minimum atomic E-state index is -3.85. The zero-order valence-corrected chi connectivity index (χ0v) is 14.6. The van der Waals surface area contributed by atoms with Gasteiger partial charge in [-0.15, -0.1) is 0 Å². The van der Waals surface area contributed by atoms with E-state index in [1.807, 2.05) is 31.2 Å². The summed E-state index contributed by atoms with van der Waals surface area (Å²) in [7, 11) is -3.85. The average molecular weight is 368 g/mol. The number of nitrogens with one attached hydrogen (secondary N) is 1. The molecule has 0 unspecified atom stereocenters. The molecule has 8 heteroatoms. The molecule has 0 atom stereocenters. The van der Waals surface area contributed by atoms with Crippen LogP contribution in [0.15, 0.2) is 42.5 Å². The summed E-state index contributed by atoms with van der Waals surface area (Å²) >= 11 is 0. The first-order valence-electron chi connectivity index (χ1n) is 7.42. The topological polar surface area (TPSA) is 66.5 Å². The molecule has 0 saturated carbocycles. The molecule has 0 aromatic heterocycles. The predicted molar refractivity (Wildman–Crippen MR) is 91.6 cm³/mol. The highest BCUT2D eigenvalue weighted by Gasteiger charge is 2.22. The van der Waals surface area contributed by atoms with Crippen molar-refractivity contribution in [3.8, 4) is 0 Å². The van der Waals surface area contributed by atoms with Gasteiger partial charge in [-0.1, -0.05) is 24.3 Å². The number of hydrogen-bond donors (Lipinski definition) is 1. The Kier molecular flexibility index (Phi) is 5.73. The van der Waals surface area contributed by atoms with E-state index in [0.717, 1.165) is 39.9 Å². The minimum Gasteiger partial charge on any atom is -0.350 e. The van der Waals surface area contributed by atoms with Gasteiger partial charge in [0.15, 0.2) is 11.6 Å². The third kappa shape index (κ3) is 4.99. The molecule has 0 aliphatic carbocycles. The van der Waals surface area contributed by atoms with Gasteiger partial charge in [0.25, 0.3) is 0 Å². The maximum Gasteiger partial charge on any atom is 0.241 e. The van der Waals surface area contributed by atoms with Crippen molar-refractivity contribution in [3.05, 3.63) is 65.2 Å². The fourth-order valence-corrected chi connectivity index (χ4v) is 3.08. The minimum absolute atomic E-state index is 0.118. The molecule has 0 aliphatic heterocycles. The second-order valence-electron chi connectivity index (χ2n) is 5.57. The molecule has 0 heterocycles. The van der Waals surface area contributed by atoms with Gasteiger partial charge >= 0.3 is 0 Å². The van der Waals surface area contributed by atoms with E-state index in [0.29, 0.717) is 0 Å². The number of amides is 1. The second-order valence-corrected chi connectivity index (χ2v) is 7.48. The van der Waals surface area contributed by atoms with Gasteiger partial charge in [0.05, 0.1) is 11.9 Å². The van der Waals surface area contributed by atoms with Crippen LogP contribution >= 0.6 is 0 Å². The first-order chi connectivity index (χ1) is 11.7. The maximum absolute atomic E-state index is 13.4. The SMILES string of the molecule is Cc1ccccc1CNC(=O)CN(c1ccc(F)c(F)c1)S(C)(=O)=O. The zero-order valence-electron chi connectivity index (χ0n) is 13.8. The monoisotopic (exact) mass is 368 g/mol. The first-order valence-corrected chi connectivity index (χ1v) is 9.27. The van der Waals surface area contributed by atoms with Crippen LogP contribution in [0.1, 0.15) is 11.1 Å². The summed E-state index contributed by atoms with van der Waals surface area (Å²) in [4.78, 5) is 12.1. The van der Waals surface area contributed by atoms with E-state index in [1.165, 1.54) is 0 Å². The van der Waals surface area contributed by atoms with Gasteiger partial charge in [-0.25, -0.2) is 17.2 Å². The van der Waals surface area contributed by atoms with Crippen molar-refractivity contribution < 1.29 is 22.0 Å². The molecule has 1 N–H and O–H groups in total. The Bertz CT molecular complexity index is 885. The number of carbonyl (C=O) groups is 1. The molecule has 25 heavy (non-hydrogen) atoms. The summed E-state index contributed by atoms with van der Waals surface area (Å²) in [5.74, 6) is -2.84. The number of nitrogens with zero attached hydrogens (tertiary/aromatic N) is 1. The number of rotatable bonds is 6. The molecule has 134 valence electrons. The van der Waals surface area contributed by atoms with Gasteiger partial charge in [0, 0.05) is 12.6 Å². The quantitative estimate of drug-likeness (QED) is 0.851. The van der Waals surface area contributed by atoms with E-state index >= 15 is 0 Å². The van der Waals surface area contributed by atoms with Gasteiger partial charge in [-0.05, 0) is 30.2 Å². The molecule has 2 aromatic rings. The average Bonchev–Trinajstić information content (AvgIpc) is 2.53. The molecule has 2 rings (SSSR count). The number of carbonyl (C=O) groups excluding carboxylic acids is 1. The molecule has 0 bridgehead atoms. The smallest absolute Gasteiger partial charge is 0.241 e. The Labute approximate surface area is 145 Å². The van der Waals surface area contributed by atoms with Crippen LogP contribution in [-0.2, 0) is 21.4 Å². The van der Waals surface area contributed by atoms with E-state index in [-0.39, 0.29) is 12.2 Å². The Balaban J connectivity index is 2.13. The Hall–Kier alpha value is -2.48. The molecule has 5 nitrogen and oxygen atoms in total. The molecule has 0 aliphatic rings. The Morgan fingerprint density at radius 2 is 1.80 bits per heavy atom. The van der Waals surface area contributed by atoms with E-state index in [9.17, 15) is 22.0 Å². The van der Waals surface area contributed by atoms with Crippen LogP contribution in [0, 0.1) is 18.6 Å². The van der Waals surface area contributed by atoms with Crippen LogP contribution in [-0.4, -0.2) is 27.1 Å². The van der Waals surface area contributed by atoms with E-state index < -0.39 is 34.1 Å². The fraction of sp³-hybridized carbons (Fsp3) is 0.235. The van der Waals surface area contributed by atoms with Crippen molar-refractivity contribution in [1.82, 2.24) is 5.32 Å². The van der Waals surface area contributed by atoms with Crippen molar-refractivity contribution in [1.29, 1.82) is 0 Å². The first kappa shape index (κ1) is 18.9. The predicted octanol–water partition coefficient (Wildman–Crippen LogP) is 2.36. The summed E-state index contributed by atoms with van der Waals surface area (Å²) in [6.45, 7) is 1.60. The highest BCUT2D eigenvalue weighted by atomic mass is 32.2. The number of anilines is 1. The highest BCUT2D eigenvalue weighted by Crippen LogP contribution is 2.20. The molecular formula is C17H18F2N2O3S. The molecule has 0 radical (unpaired) electrons. The zero-order chi connectivity index (χ0) is 18.6. The van der Waals surface area contributed by atoms with Gasteiger partial charge in [0.1, 0.15) is 6.54 Å². The van der Waals surface area contributed by atoms with Crippen LogP contribution in [0.3, 0.4) is 0 Å². The summed E-state index contributed by atoms with van der Waals surface area (Å²) in [5.41, 5.74) is 1.77. The Morgan fingerprint density at radius 1 is 1.12 bits per heavy atom.